The molecule has 2 unspecified atom stereocenters. The molecule has 0 radical (unpaired) electrons. The smallest absolute Gasteiger partial charge is 0.338 e. The molecular formula is C26H26F4N4O5S. The van der Waals surface area contributed by atoms with E-state index in [9.17, 15) is 28.6 Å². The van der Waals surface area contributed by atoms with E-state index in [0.717, 1.165) is 13.2 Å². The highest BCUT2D eigenvalue weighted by molar-refractivity contribution is 7.11. The Morgan fingerprint density at radius 1 is 1.25 bits per heavy atom. The number of carbonyl (C=O) groups excluding carboxylic acids is 1. The summed E-state index contributed by atoms with van der Waals surface area (Å²) >= 11 is 1.22. The Morgan fingerprint density at radius 3 is 2.62 bits per heavy atom. The summed E-state index contributed by atoms with van der Waals surface area (Å²) in [5, 5.41) is 25.2. The Kier molecular flexibility index (Phi) is 7.21. The number of methoxy groups -OCH3 is 1. The number of nitrogens with one attached hydrogen (secondary N) is 1. The minimum atomic E-state index is -3.23. The van der Waals surface area contributed by atoms with E-state index < -0.39 is 72.5 Å². The number of fused-ring (bicyclic) bond motifs is 2. The molecule has 5 rings (SSSR count). The van der Waals surface area contributed by atoms with Crippen LogP contribution in [0.25, 0.3) is 0 Å². The molecule has 0 spiro atoms. The molecule has 0 saturated carbocycles. The maximum absolute atomic E-state index is 15.1. The Balaban J connectivity index is 1.60. The normalized spacial score (nSPS) is 27.8. The van der Waals surface area contributed by atoms with Crippen LogP contribution in [0.5, 0.6) is 0 Å². The average Bonchev–Trinajstić information content (AvgIpc) is 3.46. The van der Waals surface area contributed by atoms with Crippen LogP contribution in [-0.2, 0) is 14.3 Å². The molecule has 3 N–H and O–H groups in total. The Labute approximate surface area is 230 Å². The number of alkyl halides is 2. The molecule has 0 aliphatic carbocycles. The molecule has 2 saturated heterocycles. The van der Waals surface area contributed by atoms with Crippen LogP contribution >= 0.6 is 11.3 Å². The van der Waals surface area contributed by atoms with Crippen molar-refractivity contribution in [3.63, 3.8) is 0 Å². The minimum absolute atomic E-state index is 0.0778. The van der Waals surface area contributed by atoms with Gasteiger partial charge in [-0.2, -0.15) is 0 Å². The van der Waals surface area contributed by atoms with Crippen molar-refractivity contribution in [2.24, 2.45) is 4.99 Å². The van der Waals surface area contributed by atoms with Gasteiger partial charge in [0.15, 0.2) is 22.5 Å². The molecular weight excluding hydrogens is 556 g/mol. The van der Waals surface area contributed by atoms with E-state index in [1.165, 1.54) is 35.4 Å². The summed E-state index contributed by atoms with van der Waals surface area (Å²) in [5.74, 6) is -7.36. The van der Waals surface area contributed by atoms with Crippen molar-refractivity contribution >= 4 is 29.1 Å². The molecule has 214 valence electrons. The maximum Gasteiger partial charge on any atom is 0.338 e. The van der Waals surface area contributed by atoms with E-state index >= 15 is 8.78 Å². The Morgan fingerprint density at radius 2 is 2.00 bits per heavy atom. The van der Waals surface area contributed by atoms with Gasteiger partial charge in [-0.15, -0.1) is 11.3 Å². The molecule has 40 heavy (non-hydrogen) atoms. The van der Waals surface area contributed by atoms with Crippen molar-refractivity contribution in [2.45, 2.75) is 62.3 Å². The van der Waals surface area contributed by atoms with Crippen molar-refractivity contribution < 1.29 is 42.1 Å². The number of benzene rings is 1. The number of nitrogens with zero attached hydrogens (tertiary/aromatic N) is 3. The Hall–Kier alpha value is -3.36. The molecule has 2 fully saturated rings. The van der Waals surface area contributed by atoms with Gasteiger partial charge in [0.05, 0.1) is 30.7 Å². The highest BCUT2D eigenvalue weighted by Gasteiger charge is 2.61. The lowest BCUT2D eigenvalue weighted by Crippen LogP contribution is -2.55. The second-order valence-electron chi connectivity index (χ2n) is 10.3. The molecule has 4 atom stereocenters. The van der Waals surface area contributed by atoms with Crippen LogP contribution in [0, 0.1) is 18.6 Å². The van der Waals surface area contributed by atoms with Gasteiger partial charge in [0.1, 0.15) is 6.04 Å². The molecule has 2 bridgehead atoms. The van der Waals surface area contributed by atoms with Gasteiger partial charge in [0.25, 0.3) is 5.92 Å². The number of aliphatic hydroxyl groups is 1. The first-order chi connectivity index (χ1) is 18.8. The topological polar surface area (TPSA) is 124 Å². The van der Waals surface area contributed by atoms with Crippen molar-refractivity contribution in [1.82, 2.24) is 15.2 Å². The summed E-state index contributed by atoms with van der Waals surface area (Å²) in [6, 6.07) is -1.35. The molecule has 9 nitrogen and oxygen atoms in total. The molecule has 0 amide bonds. The minimum Gasteiger partial charge on any atom is -0.481 e. The summed E-state index contributed by atoms with van der Waals surface area (Å²) in [5.41, 5.74) is -1.65. The zero-order chi connectivity index (χ0) is 29.0. The SMILES string of the molecule is COC(=O)C1=C(CN2C3CC(F)(F)C2C[C@@](O)(CC(=O)O)C3)NC(c2nccs2)=N[C@H]1c1ccc(F)c(F)c1C. The quantitative estimate of drug-likeness (QED) is 0.336. The molecule has 3 aliphatic heterocycles. The number of thiazole rings is 1. The van der Waals surface area contributed by atoms with E-state index in [1.807, 2.05) is 0 Å². The van der Waals surface area contributed by atoms with E-state index in [0.29, 0.717) is 5.01 Å². The number of esters is 1. The highest BCUT2D eigenvalue weighted by Crippen LogP contribution is 2.50. The standard InChI is InChI=1S/C26H26F4N4O5S/c1-12-14(3-4-15(27)20(12)28)21-19(24(37)39-2)16(32-22(33-21)23-31-5-6-40-23)11-34-13-7-25(38,10-18(35)36)9-17(34)26(29,30)8-13/h3-6,13,17,21,38H,7-11H2,1-2H3,(H,32,33)(H,35,36)/t13?,17?,21-,25+/m0/s1. The number of aliphatic imine (C=N–C) groups is 1. The largest absolute Gasteiger partial charge is 0.481 e. The van der Waals surface area contributed by atoms with E-state index in [2.05, 4.69) is 15.3 Å². The summed E-state index contributed by atoms with van der Waals surface area (Å²) in [6.45, 7) is 1.11. The molecule has 4 heterocycles. The monoisotopic (exact) mass is 582 g/mol. The second kappa shape index (κ2) is 10.2. The number of carboxylic acids is 1. The van der Waals surface area contributed by atoms with Crippen LogP contribution in [0.4, 0.5) is 17.6 Å². The number of carbonyl (C=O) groups is 2. The summed E-state index contributed by atoms with van der Waals surface area (Å²) in [7, 11) is 1.13. The summed E-state index contributed by atoms with van der Waals surface area (Å²) < 4.78 is 63.9. The first kappa shape index (κ1) is 28.2. The van der Waals surface area contributed by atoms with Crippen LogP contribution in [0.1, 0.15) is 47.9 Å². The fraction of sp³-hybridized carbons (Fsp3) is 0.462. The first-order valence-electron chi connectivity index (χ1n) is 12.4. The first-order valence-corrected chi connectivity index (χ1v) is 13.3. The van der Waals surface area contributed by atoms with Gasteiger partial charge in [0, 0.05) is 36.3 Å². The third kappa shape index (κ3) is 4.99. The third-order valence-electron chi connectivity index (χ3n) is 7.72. The number of hydrogen-bond donors (Lipinski definition) is 3. The lowest BCUT2D eigenvalue weighted by Gasteiger charge is -2.44. The Bertz CT molecular complexity index is 1420. The lowest BCUT2D eigenvalue weighted by atomic mass is 9.83. The van der Waals surface area contributed by atoms with Crippen molar-refractivity contribution in [3.05, 3.63) is 62.7 Å². The van der Waals surface area contributed by atoms with Gasteiger partial charge in [-0.25, -0.2) is 27.3 Å². The second-order valence-corrected chi connectivity index (χ2v) is 11.2. The van der Waals surface area contributed by atoms with Crippen LogP contribution < -0.4 is 5.32 Å². The number of rotatable bonds is 7. The average molecular weight is 583 g/mol. The predicted molar refractivity (Wildman–Crippen MR) is 135 cm³/mol. The third-order valence-corrected chi connectivity index (χ3v) is 8.50. The van der Waals surface area contributed by atoms with Gasteiger partial charge >= 0.3 is 11.9 Å². The lowest BCUT2D eigenvalue weighted by molar-refractivity contribution is -0.148. The van der Waals surface area contributed by atoms with Gasteiger partial charge in [-0.1, -0.05) is 6.07 Å². The number of aliphatic carboxylic acids is 1. The van der Waals surface area contributed by atoms with Gasteiger partial charge in [-0.05, 0) is 37.0 Å². The number of amidine groups is 1. The fourth-order valence-corrected chi connectivity index (χ4v) is 6.55. The van der Waals surface area contributed by atoms with Crippen LogP contribution in [0.3, 0.4) is 0 Å². The predicted octanol–water partition coefficient (Wildman–Crippen LogP) is 3.33. The summed E-state index contributed by atoms with van der Waals surface area (Å²) in [4.78, 5) is 34.7. The van der Waals surface area contributed by atoms with Gasteiger partial charge in [0.2, 0.25) is 0 Å². The number of halogens is 4. The van der Waals surface area contributed by atoms with Crippen molar-refractivity contribution in [1.29, 1.82) is 0 Å². The fourth-order valence-electron chi connectivity index (χ4n) is 5.96. The molecule has 1 aromatic carbocycles. The zero-order valence-electron chi connectivity index (χ0n) is 21.5. The van der Waals surface area contributed by atoms with Crippen molar-refractivity contribution in [2.75, 3.05) is 13.7 Å². The van der Waals surface area contributed by atoms with Crippen molar-refractivity contribution in [3.8, 4) is 0 Å². The van der Waals surface area contributed by atoms with Gasteiger partial charge < -0.3 is 20.3 Å². The van der Waals surface area contributed by atoms with E-state index in [1.54, 1.807) is 5.38 Å². The molecule has 14 heteroatoms. The number of aromatic nitrogens is 1. The van der Waals surface area contributed by atoms with Gasteiger partial charge in [-0.3, -0.25) is 14.7 Å². The molecule has 2 aromatic rings. The zero-order valence-corrected chi connectivity index (χ0v) is 22.3. The summed E-state index contributed by atoms with van der Waals surface area (Å²) in [6.07, 6.45) is -0.430. The molecule has 3 aliphatic rings. The van der Waals surface area contributed by atoms with E-state index in [4.69, 9.17) is 4.74 Å². The van der Waals surface area contributed by atoms with Crippen LogP contribution in [0.15, 0.2) is 40.0 Å². The number of ether oxygens (including phenoxy) is 1. The number of carboxylic acid groups (broad SMARTS) is 1. The molecule has 1 aromatic heterocycles. The maximum atomic E-state index is 15.1. The van der Waals surface area contributed by atoms with Crippen LogP contribution in [0.2, 0.25) is 0 Å². The van der Waals surface area contributed by atoms with Crippen LogP contribution in [-0.4, -0.2) is 75.1 Å². The number of piperidine rings is 1. The number of hydrogen-bond acceptors (Lipinski definition) is 9. The van der Waals surface area contributed by atoms with E-state index in [-0.39, 0.29) is 41.2 Å². The highest BCUT2D eigenvalue weighted by atomic mass is 32.1.